The highest BCUT2D eigenvalue weighted by atomic mass is 79.9. The molecule has 0 saturated heterocycles. The van der Waals surface area contributed by atoms with Crippen molar-refractivity contribution in [1.29, 1.82) is 5.26 Å². The molecule has 1 aromatic heterocycles. The average molecular weight is 325 g/mol. The van der Waals surface area contributed by atoms with Crippen molar-refractivity contribution in [2.45, 2.75) is 0 Å². The molecular weight excluding hydrogens is 318 g/mol. The van der Waals surface area contributed by atoms with E-state index in [1.54, 1.807) is 24.4 Å². The van der Waals surface area contributed by atoms with Crippen LogP contribution in [0.25, 0.3) is 0 Å². The van der Waals surface area contributed by atoms with Crippen LogP contribution in [0.2, 0.25) is 5.02 Å². The number of carbonyl (C=O) groups excluding carboxylic acids is 1. The molecular formula is C12H7BrClN3O. The number of nitriles is 1. The lowest BCUT2D eigenvalue weighted by Gasteiger charge is -2.06. The van der Waals surface area contributed by atoms with Crippen molar-refractivity contribution in [3.05, 3.63) is 51.2 Å². The van der Waals surface area contributed by atoms with E-state index in [0.29, 0.717) is 22.0 Å². The van der Waals surface area contributed by atoms with Crippen molar-refractivity contribution in [2.24, 2.45) is 0 Å². The average Bonchev–Trinajstić information content (AvgIpc) is 2.78. The van der Waals surface area contributed by atoms with Gasteiger partial charge in [-0.15, -0.1) is 0 Å². The minimum absolute atomic E-state index is 0.299. The van der Waals surface area contributed by atoms with Gasteiger partial charge in [0.25, 0.3) is 5.91 Å². The third kappa shape index (κ3) is 2.73. The quantitative estimate of drug-likeness (QED) is 0.887. The molecule has 2 aromatic rings. The van der Waals surface area contributed by atoms with Gasteiger partial charge in [-0.3, -0.25) is 4.79 Å². The molecule has 0 aliphatic carbocycles. The lowest BCUT2D eigenvalue weighted by atomic mass is 10.2. The summed E-state index contributed by atoms with van der Waals surface area (Å²) >= 11 is 9.21. The summed E-state index contributed by atoms with van der Waals surface area (Å²) in [6.07, 6.45) is 1.66. The summed E-state index contributed by atoms with van der Waals surface area (Å²) in [4.78, 5) is 14.7. The van der Waals surface area contributed by atoms with Crippen LogP contribution in [-0.2, 0) is 0 Å². The van der Waals surface area contributed by atoms with Crippen LogP contribution in [0, 0.1) is 11.3 Å². The molecule has 18 heavy (non-hydrogen) atoms. The first-order valence-electron chi connectivity index (χ1n) is 4.95. The summed E-state index contributed by atoms with van der Waals surface area (Å²) in [6, 6.07) is 8.32. The fraction of sp³-hybridized carbons (Fsp3) is 0. The fourth-order valence-corrected chi connectivity index (χ4v) is 1.95. The first kappa shape index (κ1) is 12.7. The van der Waals surface area contributed by atoms with Crippen LogP contribution in [0.4, 0.5) is 5.69 Å². The molecule has 1 aromatic carbocycles. The van der Waals surface area contributed by atoms with Gasteiger partial charge in [-0.1, -0.05) is 11.6 Å². The Morgan fingerprint density at radius 3 is 2.78 bits per heavy atom. The highest BCUT2D eigenvalue weighted by molar-refractivity contribution is 9.10. The number of H-pyrrole nitrogens is 1. The van der Waals surface area contributed by atoms with E-state index >= 15 is 0 Å². The lowest BCUT2D eigenvalue weighted by Crippen LogP contribution is -2.12. The van der Waals surface area contributed by atoms with Gasteiger partial charge in [0.15, 0.2) is 0 Å². The molecule has 0 fully saturated rings. The summed E-state index contributed by atoms with van der Waals surface area (Å²) in [5.74, 6) is -0.299. The maximum Gasteiger partial charge on any atom is 0.272 e. The summed E-state index contributed by atoms with van der Waals surface area (Å²) in [5.41, 5.74) is 1.33. The SMILES string of the molecule is N#Cc1ccc(NC(=O)c2cc(Br)c[nH]2)c(Cl)c1. The Morgan fingerprint density at radius 1 is 1.44 bits per heavy atom. The third-order valence-corrected chi connectivity index (χ3v) is 3.01. The van der Waals surface area contributed by atoms with E-state index in [0.717, 1.165) is 4.47 Å². The van der Waals surface area contributed by atoms with Crippen molar-refractivity contribution < 1.29 is 4.79 Å². The van der Waals surface area contributed by atoms with Crippen molar-refractivity contribution in [1.82, 2.24) is 4.98 Å². The monoisotopic (exact) mass is 323 g/mol. The van der Waals surface area contributed by atoms with E-state index in [9.17, 15) is 4.79 Å². The number of rotatable bonds is 2. The van der Waals surface area contributed by atoms with E-state index < -0.39 is 0 Å². The number of halogens is 2. The van der Waals surface area contributed by atoms with E-state index in [-0.39, 0.29) is 5.91 Å². The number of anilines is 1. The third-order valence-electron chi connectivity index (χ3n) is 2.24. The number of amides is 1. The number of nitrogens with one attached hydrogen (secondary N) is 2. The summed E-state index contributed by atoms with van der Waals surface area (Å²) in [7, 11) is 0. The number of hydrogen-bond acceptors (Lipinski definition) is 2. The standard InChI is InChI=1S/C12H7BrClN3O/c13-8-4-11(16-6-8)12(18)17-10-2-1-7(5-15)3-9(10)14/h1-4,6,16H,(H,17,18). The predicted molar refractivity (Wildman–Crippen MR) is 72.6 cm³/mol. The Hall–Kier alpha value is -1.77. The number of aromatic nitrogens is 1. The normalized spacial score (nSPS) is 9.83. The molecule has 0 atom stereocenters. The molecule has 90 valence electrons. The first-order chi connectivity index (χ1) is 8.60. The van der Waals surface area contributed by atoms with Gasteiger partial charge in [0.2, 0.25) is 0 Å². The molecule has 0 unspecified atom stereocenters. The topological polar surface area (TPSA) is 68.7 Å². The number of nitrogens with zero attached hydrogens (tertiary/aromatic N) is 1. The Kier molecular flexibility index (Phi) is 3.70. The van der Waals surface area contributed by atoms with E-state index in [1.807, 2.05) is 6.07 Å². The fourth-order valence-electron chi connectivity index (χ4n) is 1.37. The van der Waals surface area contributed by atoms with Crippen molar-refractivity contribution in [3.8, 4) is 6.07 Å². The second kappa shape index (κ2) is 5.25. The molecule has 6 heteroatoms. The van der Waals surface area contributed by atoms with Gasteiger partial charge in [-0.05, 0) is 40.2 Å². The largest absolute Gasteiger partial charge is 0.356 e. The van der Waals surface area contributed by atoms with Crippen LogP contribution in [0.5, 0.6) is 0 Å². The smallest absolute Gasteiger partial charge is 0.272 e. The Bertz CT molecular complexity index is 645. The molecule has 1 amide bonds. The summed E-state index contributed by atoms with van der Waals surface area (Å²) in [5, 5.41) is 11.7. The summed E-state index contributed by atoms with van der Waals surface area (Å²) in [6.45, 7) is 0. The molecule has 0 saturated carbocycles. The predicted octanol–water partition coefficient (Wildman–Crippen LogP) is 3.55. The molecule has 4 nitrogen and oxygen atoms in total. The zero-order chi connectivity index (χ0) is 13.1. The summed E-state index contributed by atoms with van der Waals surface area (Å²) < 4.78 is 0.790. The van der Waals surface area contributed by atoms with Crippen LogP contribution >= 0.6 is 27.5 Å². The van der Waals surface area contributed by atoms with Crippen molar-refractivity contribution >= 4 is 39.1 Å². The zero-order valence-electron chi connectivity index (χ0n) is 9.00. The minimum Gasteiger partial charge on any atom is -0.356 e. The van der Waals surface area contributed by atoms with E-state index in [4.69, 9.17) is 16.9 Å². The van der Waals surface area contributed by atoms with Crippen LogP contribution in [0.1, 0.15) is 16.1 Å². The van der Waals surface area contributed by atoms with Gasteiger partial charge in [-0.25, -0.2) is 0 Å². The van der Waals surface area contributed by atoms with Gasteiger partial charge in [-0.2, -0.15) is 5.26 Å². The second-order valence-corrected chi connectivity index (χ2v) is 4.82. The molecule has 0 radical (unpaired) electrons. The molecule has 0 aliphatic rings. The number of hydrogen-bond donors (Lipinski definition) is 2. The van der Waals surface area contributed by atoms with Gasteiger partial charge in [0.05, 0.1) is 22.3 Å². The van der Waals surface area contributed by atoms with Gasteiger partial charge >= 0.3 is 0 Å². The maximum absolute atomic E-state index is 11.8. The first-order valence-corrected chi connectivity index (χ1v) is 6.12. The highest BCUT2D eigenvalue weighted by Gasteiger charge is 2.10. The Morgan fingerprint density at radius 2 is 2.22 bits per heavy atom. The highest BCUT2D eigenvalue weighted by Crippen LogP contribution is 2.23. The zero-order valence-corrected chi connectivity index (χ0v) is 11.3. The Labute approximate surface area is 117 Å². The second-order valence-electron chi connectivity index (χ2n) is 3.49. The van der Waals surface area contributed by atoms with E-state index in [1.165, 1.54) is 6.07 Å². The lowest BCUT2D eigenvalue weighted by molar-refractivity contribution is 0.102. The molecule has 2 rings (SSSR count). The van der Waals surface area contributed by atoms with Crippen molar-refractivity contribution in [3.63, 3.8) is 0 Å². The Balaban J connectivity index is 2.20. The van der Waals surface area contributed by atoms with Gasteiger partial charge in [0, 0.05) is 10.7 Å². The van der Waals surface area contributed by atoms with Crippen LogP contribution in [0.15, 0.2) is 34.9 Å². The number of benzene rings is 1. The van der Waals surface area contributed by atoms with Gasteiger partial charge in [0.1, 0.15) is 5.69 Å². The molecule has 2 N–H and O–H groups in total. The molecule has 0 bridgehead atoms. The minimum atomic E-state index is -0.299. The van der Waals surface area contributed by atoms with Crippen LogP contribution < -0.4 is 5.32 Å². The van der Waals surface area contributed by atoms with Crippen LogP contribution in [0.3, 0.4) is 0 Å². The van der Waals surface area contributed by atoms with E-state index in [2.05, 4.69) is 26.2 Å². The maximum atomic E-state index is 11.8. The van der Waals surface area contributed by atoms with Crippen LogP contribution in [-0.4, -0.2) is 10.9 Å². The van der Waals surface area contributed by atoms with Crippen molar-refractivity contribution in [2.75, 3.05) is 5.32 Å². The molecule has 0 spiro atoms. The number of carbonyl (C=O) groups is 1. The molecule has 1 heterocycles. The number of aromatic amines is 1. The molecule has 0 aliphatic heterocycles. The van der Waals surface area contributed by atoms with Gasteiger partial charge < -0.3 is 10.3 Å².